The molecule has 27 heavy (non-hydrogen) atoms. The summed E-state index contributed by atoms with van der Waals surface area (Å²) >= 11 is 0. The van der Waals surface area contributed by atoms with Crippen LogP contribution in [0.15, 0.2) is 36.4 Å². The van der Waals surface area contributed by atoms with Gasteiger partial charge in [-0.1, -0.05) is 12.1 Å². The number of hydrogen-bond acceptors (Lipinski definition) is 6. The van der Waals surface area contributed by atoms with Gasteiger partial charge in [0.25, 0.3) is 0 Å². The number of methoxy groups -OCH3 is 3. The zero-order chi connectivity index (χ0) is 19.4. The standard InChI is InChI=1S/C21H26O6/c1-24-19-10-13(4-6-17(19)22)8-15-12-27-21(26-3)16(15)9-14-5-7-18(23)20(11-14)25-2/h4-7,10-11,15-16,21-23H,8-9,12H2,1-3H3/t15-,16+,21-/m1/s1. The molecule has 0 aliphatic carbocycles. The maximum absolute atomic E-state index is 9.81. The van der Waals surface area contributed by atoms with Gasteiger partial charge in [-0.2, -0.15) is 0 Å². The number of aromatic hydroxyl groups is 2. The molecule has 0 amide bonds. The quantitative estimate of drug-likeness (QED) is 0.775. The van der Waals surface area contributed by atoms with E-state index in [4.69, 9.17) is 18.9 Å². The van der Waals surface area contributed by atoms with Crippen LogP contribution in [0, 0.1) is 11.8 Å². The first-order chi connectivity index (χ1) is 13.0. The molecule has 0 spiro atoms. The smallest absolute Gasteiger partial charge is 0.160 e. The predicted octanol–water partition coefficient (Wildman–Crippen LogP) is 3.14. The van der Waals surface area contributed by atoms with Crippen LogP contribution in [0.2, 0.25) is 0 Å². The molecule has 1 aliphatic heterocycles. The van der Waals surface area contributed by atoms with E-state index in [2.05, 4.69) is 0 Å². The molecule has 0 saturated carbocycles. The molecule has 1 fully saturated rings. The Morgan fingerprint density at radius 3 is 1.96 bits per heavy atom. The molecule has 2 aromatic carbocycles. The van der Waals surface area contributed by atoms with Crippen molar-refractivity contribution in [2.45, 2.75) is 19.1 Å². The van der Waals surface area contributed by atoms with Crippen LogP contribution in [0.4, 0.5) is 0 Å². The van der Waals surface area contributed by atoms with Crippen molar-refractivity contribution in [3.05, 3.63) is 47.5 Å². The summed E-state index contributed by atoms with van der Waals surface area (Å²) < 4.78 is 21.8. The van der Waals surface area contributed by atoms with E-state index in [0.717, 1.165) is 24.0 Å². The number of hydrogen-bond donors (Lipinski definition) is 2. The number of phenolic OH excluding ortho intramolecular Hbond substituents is 2. The van der Waals surface area contributed by atoms with Gasteiger partial charge in [-0.25, -0.2) is 0 Å². The van der Waals surface area contributed by atoms with Gasteiger partial charge in [0.2, 0.25) is 0 Å². The van der Waals surface area contributed by atoms with Crippen molar-refractivity contribution in [1.82, 2.24) is 0 Å². The number of rotatable bonds is 7. The van der Waals surface area contributed by atoms with Crippen molar-refractivity contribution in [3.63, 3.8) is 0 Å². The van der Waals surface area contributed by atoms with Gasteiger partial charge < -0.3 is 29.2 Å². The van der Waals surface area contributed by atoms with Crippen LogP contribution in [0.5, 0.6) is 23.0 Å². The maximum Gasteiger partial charge on any atom is 0.160 e. The molecule has 0 radical (unpaired) electrons. The highest BCUT2D eigenvalue weighted by molar-refractivity contribution is 5.43. The van der Waals surface area contributed by atoms with Crippen molar-refractivity contribution >= 4 is 0 Å². The fourth-order valence-corrected chi connectivity index (χ4v) is 3.68. The van der Waals surface area contributed by atoms with Crippen LogP contribution in [0.3, 0.4) is 0 Å². The minimum absolute atomic E-state index is 0.125. The Hall–Kier alpha value is -2.44. The van der Waals surface area contributed by atoms with E-state index >= 15 is 0 Å². The molecular formula is C21H26O6. The largest absolute Gasteiger partial charge is 0.504 e. The molecule has 1 saturated heterocycles. The lowest BCUT2D eigenvalue weighted by Gasteiger charge is -2.22. The number of benzene rings is 2. The normalized spacial score (nSPS) is 22.0. The molecule has 3 rings (SSSR count). The van der Waals surface area contributed by atoms with Crippen LogP contribution >= 0.6 is 0 Å². The molecule has 6 heteroatoms. The molecule has 3 atom stereocenters. The highest BCUT2D eigenvalue weighted by atomic mass is 16.7. The third kappa shape index (κ3) is 4.28. The van der Waals surface area contributed by atoms with E-state index in [1.54, 1.807) is 26.4 Å². The monoisotopic (exact) mass is 374 g/mol. The SMILES string of the molecule is COc1cc(C[C@@H]2CO[C@@H](OC)[C@H]2Cc2ccc(O)c(OC)c2)ccc1O. The van der Waals surface area contributed by atoms with Crippen molar-refractivity contribution in [1.29, 1.82) is 0 Å². The van der Waals surface area contributed by atoms with Gasteiger partial charge >= 0.3 is 0 Å². The Bertz CT molecular complexity index is 775. The summed E-state index contributed by atoms with van der Waals surface area (Å²) in [6.45, 7) is 0.599. The molecule has 1 heterocycles. The van der Waals surface area contributed by atoms with Crippen molar-refractivity contribution in [2.24, 2.45) is 11.8 Å². The van der Waals surface area contributed by atoms with E-state index in [-0.39, 0.29) is 29.6 Å². The summed E-state index contributed by atoms with van der Waals surface area (Å²) in [6.07, 6.45) is 1.25. The van der Waals surface area contributed by atoms with E-state index in [1.165, 1.54) is 7.11 Å². The summed E-state index contributed by atoms with van der Waals surface area (Å²) in [5.41, 5.74) is 2.12. The highest BCUT2D eigenvalue weighted by Gasteiger charge is 2.37. The fourth-order valence-electron chi connectivity index (χ4n) is 3.68. The Labute approximate surface area is 159 Å². The van der Waals surface area contributed by atoms with Crippen LogP contribution in [0.1, 0.15) is 11.1 Å². The van der Waals surface area contributed by atoms with Gasteiger partial charge in [-0.05, 0) is 54.2 Å². The van der Waals surface area contributed by atoms with Crippen LogP contribution in [-0.2, 0) is 22.3 Å². The average molecular weight is 374 g/mol. The summed E-state index contributed by atoms with van der Waals surface area (Å²) in [6, 6.07) is 10.8. The lowest BCUT2D eigenvalue weighted by Crippen LogP contribution is -2.25. The third-order valence-corrected chi connectivity index (χ3v) is 5.12. The minimum atomic E-state index is -0.284. The minimum Gasteiger partial charge on any atom is -0.504 e. The average Bonchev–Trinajstić information content (AvgIpc) is 3.06. The van der Waals surface area contributed by atoms with E-state index in [0.29, 0.717) is 18.1 Å². The number of phenols is 2. The zero-order valence-electron chi connectivity index (χ0n) is 15.8. The van der Waals surface area contributed by atoms with Gasteiger partial charge in [-0.3, -0.25) is 0 Å². The van der Waals surface area contributed by atoms with Crippen molar-refractivity contribution < 1.29 is 29.2 Å². The number of ether oxygens (including phenoxy) is 4. The molecular weight excluding hydrogens is 348 g/mol. The lowest BCUT2D eigenvalue weighted by atomic mass is 9.84. The molecule has 2 aromatic rings. The van der Waals surface area contributed by atoms with E-state index in [1.807, 2.05) is 24.3 Å². The van der Waals surface area contributed by atoms with Gasteiger partial charge in [0.1, 0.15) is 0 Å². The van der Waals surface area contributed by atoms with Gasteiger partial charge in [-0.15, -0.1) is 0 Å². The second-order valence-electron chi connectivity index (χ2n) is 6.78. The van der Waals surface area contributed by atoms with Gasteiger partial charge in [0.15, 0.2) is 29.3 Å². The molecule has 2 N–H and O–H groups in total. The zero-order valence-corrected chi connectivity index (χ0v) is 15.8. The summed E-state index contributed by atoms with van der Waals surface area (Å²) in [5, 5.41) is 19.6. The molecule has 0 unspecified atom stereocenters. The van der Waals surface area contributed by atoms with Crippen LogP contribution in [0.25, 0.3) is 0 Å². The third-order valence-electron chi connectivity index (χ3n) is 5.12. The van der Waals surface area contributed by atoms with Crippen LogP contribution < -0.4 is 9.47 Å². The summed E-state index contributed by atoms with van der Waals surface area (Å²) in [4.78, 5) is 0. The van der Waals surface area contributed by atoms with Crippen molar-refractivity contribution in [2.75, 3.05) is 27.9 Å². The second kappa shape index (κ2) is 8.50. The molecule has 0 aromatic heterocycles. The molecule has 1 aliphatic rings. The van der Waals surface area contributed by atoms with Gasteiger partial charge in [0.05, 0.1) is 20.8 Å². The topological polar surface area (TPSA) is 77.4 Å². The predicted molar refractivity (Wildman–Crippen MR) is 100 cm³/mol. The van der Waals surface area contributed by atoms with Gasteiger partial charge in [0, 0.05) is 13.0 Å². The van der Waals surface area contributed by atoms with Crippen molar-refractivity contribution in [3.8, 4) is 23.0 Å². The first-order valence-corrected chi connectivity index (χ1v) is 8.91. The summed E-state index contributed by atoms with van der Waals surface area (Å²) in [7, 11) is 4.73. The van der Waals surface area contributed by atoms with E-state index in [9.17, 15) is 10.2 Å². The second-order valence-corrected chi connectivity index (χ2v) is 6.78. The molecule has 6 nitrogen and oxygen atoms in total. The summed E-state index contributed by atoms with van der Waals surface area (Å²) in [5.74, 6) is 1.59. The lowest BCUT2D eigenvalue weighted by molar-refractivity contribution is -0.110. The first kappa shape index (κ1) is 19.3. The Balaban J connectivity index is 1.78. The Morgan fingerprint density at radius 2 is 1.44 bits per heavy atom. The first-order valence-electron chi connectivity index (χ1n) is 8.91. The molecule has 146 valence electrons. The fraction of sp³-hybridized carbons (Fsp3) is 0.429. The Kier molecular flexibility index (Phi) is 6.08. The maximum atomic E-state index is 9.81. The molecule has 0 bridgehead atoms. The Morgan fingerprint density at radius 1 is 0.889 bits per heavy atom. The highest BCUT2D eigenvalue weighted by Crippen LogP contribution is 2.36. The van der Waals surface area contributed by atoms with E-state index < -0.39 is 0 Å². The van der Waals surface area contributed by atoms with Crippen LogP contribution in [-0.4, -0.2) is 44.4 Å².